The number of benzene rings is 1. The third kappa shape index (κ3) is 2.06. The van der Waals surface area contributed by atoms with Crippen LogP contribution in [0.1, 0.15) is 24.2 Å². The van der Waals surface area contributed by atoms with Crippen molar-refractivity contribution in [1.82, 2.24) is 14.8 Å². The molecule has 5 heteroatoms. The van der Waals surface area contributed by atoms with E-state index in [2.05, 4.69) is 50.4 Å². The molecular formula is C13H14BrN3S. The van der Waals surface area contributed by atoms with Gasteiger partial charge in [0.25, 0.3) is 0 Å². The Kier molecular flexibility index (Phi) is 2.90. The molecule has 0 amide bonds. The van der Waals surface area contributed by atoms with E-state index in [1.54, 1.807) is 0 Å². The van der Waals surface area contributed by atoms with E-state index in [9.17, 15) is 0 Å². The van der Waals surface area contributed by atoms with Crippen LogP contribution in [0.25, 0.3) is 0 Å². The van der Waals surface area contributed by atoms with Crippen molar-refractivity contribution in [3.05, 3.63) is 44.9 Å². The summed E-state index contributed by atoms with van der Waals surface area (Å²) in [4.78, 5) is 0. The van der Waals surface area contributed by atoms with Gasteiger partial charge in [0.15, 0.2) is 4.77 Å². The van der Waals surface area contributed by atoms with Gasteiger partial charge in [-0.05, 0) is 42.8 Å². The molecule has 1 heterocycles. The fraction of sp³-hybridized carbons (Fsp3) is 0.385. The largest absolute Gasteiger partial charge is 0.307 e. The minimum Gasteiger partial charge on any atom is -0.307 e. The monoisotopic (exact) mass is 323 g/mol. The van der Waals surface area contributed by atoms with Crippen LogP contribution >= 0.6 is 28.1 Å². The molecule has 1 aliphatic rings. The quantitative estimate of drug-likeness (QED) is 0.877. The van der Waals surface area contributed by atoms with Crippen molar-refractivity contribution in [1.29, 1.82) is 0 Å². The van der Waals surface area contributed by atoms with E-state index >= 15 is 0 Å². The summed E-state index contributed by atoms with van der Waals surface area (Å²) in [6, 6.07) is 8.59. The van der Waals surface area contributed by atoms with E-state index in [4.69, 9.17) is 12.2 Å². The summed E-state index contributed by atoms with van der Waals surface area (Å²) < 4.78 is 3.80. The van der Waals surface area contributed by atoms with E-state index in [0.29, 0.717) is 4.77 Å². The second-order valence-electron chi connectivity index (χ2n) is 4.97. The molecule has 0 spiro atoms. The molecule has 94 valence electrons. The summed E-state index contributed by atoms with van der Waals surface area (Å²) in [5.41, 5.74) is 1.66. The first-order chi connectivity index (χ1) is 8.61. The molecule has 0 atom stereocenters. The molecule has 0 bridgehead atoms. The van der Waals surface area contributed by atoms with Crippen molar-refractivity contribution in [2.24, 2.45) is 7.05 Å². The zero-order valence-corrected chi connectivity index (χ0v) is 12.5. The average molecular weight is 324 g/mol. The topological polar surface area (TPSA) is 33.6 Å². The first kappa shape index (κ1) is 12.1. The highest BCUT2D eigenvalue weighted by atomic mass is 79.9. The highest BCUT2D eigenvalue weighted by Crippen LogP contribution is 2.50. The Morgan fingerprint density at radius 1 is 1.50 bits per heavy atom. The van der Waals surface area contributed by atoms with Crippen LogP contribution in [0.3, 0.4) is 0 Å². The van der Waals surface area contributed by atoms with Gasteiger partial charge in [-0.15, -0.1) is 0 Å². The highest BCUT2D eigenvalue weighted by molar-refractivity contribution is 9.10. The van der Waals surface area contributed by atoms with Crippen molar-refractivity contribution in [3.63, 3.8) is 0 Å². The minimum absolute atomic E-state index is 0.262. The highest BCUT2D eigenvalue weighted by Gasteiger charge is 2.45. The summed E-state index contributed by atoms with van der Waals surface area (Å²) >= 11 is 8.70. The molecular weight excluding hydrogens is 310 g/mol. The van der Waals surface area contributed by atoms with Gasteiger partial charge in [-0.2, -0.15) is 5.10 Å². The fourth-order valence-electron chi connectivity index (χ4n) is 2.38. The first-order valence-corrected chi connectivity index (χ1v) is 7.17. The number of aromatic nitrogens is 3. The summed E-state index contributed by atoms with van der Waals surface area (Å²) in [6.07, 6.45) is 3.40. The third-order valence-electron chi connectivity index (χ3n) is 3.76. The van der Waals surface area contributed by atoms with Crippen LogP contribution in [-0.4, -0.2) is 14.8 Å². The number of nitrogens with one attached hydrogen (secondary N) is 1. The maximum absolute atomic E-state index is 5.16. The number of H-pyrrole nitrogens is 1. The maximum atomic E-state index is 5.16. The number of hydrogen-bond acceptors (Lipinski definition) is 2. The smallest absolute Gasteiger partial charge is 0.194 e. The van der Waals surface area contributed by atoms with Gasteiger partial charge in [0.1, 0.15) is 5.82 Å². The molecule has 3 nitrogen and oxygen atoms in total. The van der Waals surface area contributed by atoms with E-state index < -0.39 is 0 Å². The van der Waals surface area contributed by atoms with Crippen LogP contribution in [0.5, 0.6) is 0 Å². The van der Waals surface area contributed by atoms with Crippen molar-refractivity contribution in [2.45, 2.75) is 24.7 Å². The lowest BCUT2D eigenvalue weighted by Gasteiger charge is -2.15. The van der Waals surface area contributed by atoms with Gasteiger partial charge in [0, 0.05) is 23.4 Å². The Balaban J connectivity index is 1.93. The Hall–Kier alpha value is -0.940. The van der Waals surface area contributed by atoms with Gasteiger partial charge in [-0.25, -0.2) is 0 Å². The number of aromatic amines is 1. The molecule has 0 radical (unpaired) electrons. The number of halogens is 1. The van der Waals surface area contributed by atoms with E-state index in [0.717, 1.165) is 16.7 Å². The van der Waals surface area contributed by atoms with Crippen LogP contribution in [0.15, 0.2) is 28.7 Å². The fourth-order valence-corrected chi connectivity index (χ4v) is 2.93. The SMILES string of the molecule is Cn1c(CC2(c3cccc(Br)c3)CC2)n[nH]c1=S. The van der Waals surface area contributed by atoms with Crippen molar-refractivity contribution >= 4 is 28.1 Å². The second kappa shape index (κ2) is 4.31. The number of rotatable bonds is 3. The van der Waals surface area contributed by atoms with Crippen LogP contribution in [-0.2, 0) is 18.9 Å². The molecule has 0 unspecified atom stereocenters. The normalized spacial score (nSPS) is 16.8. The minimum atomic E-state index is 0.262. The number of nitrogens with zero attached hydrogens (tertiary/aromatic N) is 2. The molecule has 0 saturated heterocycles. The number of hydrogen-bond donors (Lipinski definition) is 1. The molecule has 3 rings (SSSR count). The van der Waals surface area contributed by atoms with E-state index in [-0.39, 0.29) is 5.41 Å². The van der Waals surface area contributed by atoms with Gasteiger partial charge >= 0.3 is 0 Å². The van der Waals surface area contributed by atoms with Gasteiger partial charge < -0.3 is 4.57 Å². The lowest BCUT2D eigenvalue weighted by molar-refractivity contribution is 0.629. The summed E-state index contributed by atoms with van der Waals surface area (Å²) in [6.45, 7) is 0. The Morgan fingerprint density at radius 3 is 2.83 bits per heavy atom. The zero-order valence-electron chi connectivity index (χ0n) is 10.1. The summed E-state index contributed by atoms with van der Waals surface area (Å²) in [5, 5.41) is 7.18. The van der Waals surface area contributed by atoms with E-state index in [1.807, 2.05) is 11.6 Å². The summed E-state index contributed by atoms with van der Waals surface area (Å²) in [5.74, 6) is 1.04. The summed E-state index contributed by atoms with van der Waals surface area (Å²) in [7, 11) is 1.97. The Labute approximate surface area is 119 Å². The first-order valence-electron chi connectivity index (χ1n) is 5.97. The third-order valence-corrected chi connectivity index (χ3v) is 4.62. The van der Waals surface area contributed by atoms with Gasteiger partial charge in [-0.3, -0.25) is 5.10 Å². The van der Waals surface area contributed by atoms with Gasteiger partial charge in [-0.1, -0.05) is 28.1 Å². The predicted molar refractivity (Wildman–Crippen MR) is 77.2 cm³/mol. The zero-order chi connectivity index (χ0) is 12.8. The molecule has 1 aliphatic carbocycles. The molecule has 18 heavy (non-hydrogen) atoms. The van der Waals surface area contributed by atoms with Gasteiger partial charge in [0.2, 0.25) is 0 Å². The molecule has 1 saturated carbocycles. The van der Waals surface area contributed by atoms with Crippen LogP contribution < -0.4 is 0 Å². The lowest BCUT2D eigenvalue weighted by atomic mass is 9.92. The molecule has 2 aromatic rings. The van der Waals surface area contributed by atoms with Crippen molar-refractivity contribution in [2.75, 3.05) is 0 Å². The molecule has 1 aromatic carbocycles. The Morgan fingerprint density at radius 2 is 2.28 bits per heavy atom. The van der Waals surface area contributed by atoms with Crippen molar-refractivity contribution in [3.8, 4) is 0 Å². The molecule has 0 aliphatic heterocycles. The molecule has 1 aromatic heterocycles. The van der Waals surface area contributed by atoms with E-state index in [1.165, 1.54) is 18.4 Å². The maximum Gasteiger partial charge on any atom is 0.194 e. The van der Waals surface area contributed by atoms with Crippen molar-refractivity contribution < 1.29 is 0 Å². The average Bonchev–Trinajstić information content (AvgIpc) is 3.08. The van der Waals surface area contributed by atoms with Crippen LogP contribution in [0.2, 0.25) is 0 Å². The molecule has 1 fully saturated rings. The molecule has 1 N–H and O–H groups in total. The van der Waals surface area contributed by atoms with Crippen LogP contribution in [0, 0.1) is 4.77 Å². The van der Waals surface area contributed by atoms with Crippen LogP contribution in [0.4, 0.5) is 0 Å². The standard InChI is InChI=1S/C13H14BrN3S/c1-17-11(15-16-12(17)18)8-13(5-6-13)9-3-2-4-10(14)7-9/h2-4,7H,5-6,8H2,1H3,(H,16,18). The van der Waals surface area contributed by atoms with Gasteiger partial charge in [0.05, 0.1) is 0 Å². The predicted octanol–water partition coefficient (Wildman–Crippen LogP) is 3.51. The lowest BCUT2D eigenvalue weighted by Crippen LogP contribution is -2.14. The second-order valence-corrected chi connectivity index (χ2v) is 6.27. The Bertz CT molecular complexity index is 640.